The summed E-state index contributed by atoms with van der Waals surface area (Å²) in [6.45, 7) is 5.47. The first-order chi connectivity index (χ1) is 9.09. The van der Waals surface area contributed by atoms with Gasteiger partial charge in [-0.2, -0.15) is 4.37 Å². The maximum atomic E-state index is 6.01. The van der Waals surface area contributed by atoms with Gasteiger partial charge in [-0.25, -0.2) is 0 Å². The topological polar surface area (TPSA) is 55.0 Å². The Kier molecular flexibility index (Phi) is 4.37. The third kappa shape index (κ3) is 3.23. The van der Waals surface area contributed by atoms with Gasteiger partial charge in [-0.15, -0.1) is 0 Å². The Morgan fingerprint density at radius 1 is 1.42 bits per heavy atom. The number of hydrogen-bond donors (Lipinski definition) is 1. The summed E-state index contributed by atoms with van der Waals surface area (Å²) < 4.78 is 4.29. The van der Waals surface area contributed by atoms with Crippen LogP contribution >= 0.6 is 11.5 Å². The Hall–Kier alpha value is -1.62. The van der Waals surface area contributed by atoms with Crippen molar-refractivity contribution in [3.8, 4) is 11.1 Å². The molecule has 19 heavy (non-hydrogen) atoms. The van der Waals surface area contributed by atoms with Crippen molar-refractivity contribution >= 4 is 22.4 Å². The molecule has 2 heterocycles. The highest BCUT2D eigenvalue weighted by molar-refractivity contribution is 7.11. The molecule has 2 N–H and O–H groups in total. The molecule has 0 fully saturated rings. The van der Waals surface area contributed by atoms with Crippen LogP contribution in [0.25, 0.3) is 11.1 Å². The quantitative estimate of drug-likeness (QED) is 0.910. The zero-order valence-electron chi connectivity index (χ0n) is 11.6. The zero-order chi connectivity index (χ0) is 13.8. The lowest BCUT2D eigenvalue weighted by Gasteiger charge is -2.19. The highest BCUT2D eigenvalue weighted by Gasteiger charge is 2.17. The summed E-state index contributed by atoms with van der Waals surface area (Å²) in [5.74, 6) is 1.28. The van der Waals surface area contributed by atoms with Gasteiger partial charge in [0.15, 0.2) is 0 Å². The molecule has 4 nitrogen and oxygen atoms in total. The summed E-state index contributed by atoms with van der Waals surface area (Å²) in [6, 6.07) is 3.94. The van der Waals surface area contributed by atoms with Crippen LogP contribution in [0.15, 0.2) is 24.5 Å². The van der Waals surface area contributed by atoms with Crippen LogP contribution in [0.4, 0.5) is 10.8 Å². The number of nitrogen functional groups attached to an aromatic ring is 1. The highest BCUT2D eigenvalue weighted by Crippen LogP contribution is 2.38. The molecule has 102 valence electrons. The molecule has 2 rings (SSSR count). The Labute approximate surface area is 118 Å². The molecule has 0 atom stereocenters. The maximum Gasteiger partial charge on any atom is 0.147 e. The van der Waals surface area contributed by atoms with Crippen molar-refractivity contribution in [1.29, 1.82) is 0 Å². The second-order valence-corrected chi connectivity index (χ2v) is 5.85. The first kappa shape index (κ1) is 13.8. The predicted octanol–water partition coefficient (Wildman–Crippen LogP) is 3.27. The summed E-state index contributed by atoms with van der Waals surface area (Å²) in [5.41, 5.74) is 8.04. The summed E-state index contributed by atoms with van der Waals surface area (Å²) in [5, 5.41) is 1.12. The minimum Gasteiger partial charge on any atom is -0.382 e. The molecule has 0 saturated carbocycles. The van der Waals surface area contributed by atoms with Gasteiger partial charge in [0.2, 0.25) is 0 Å². The van der Waals surface area contributed by atoms with Crippen molar-refractivity contribution < 1.29 is 0 Å². The minimum absolute atomic E-state index is 0.587. The number of anilines is 2. The number of pyridine rings is 1. The molecule has 0 radical (unpaired) electrons. The van der Waals surface area contributed by atoms with Crippen molar-refractivity contribution in [2.75, 3.05) is 24.2 Å². The standard InChI is InChI=1S/C14H20N4S/c1-10(2)6-8-18(3)14-12(13(15)17-19-14)11-5-4-7-16-9-11/h4-5,7,9-10H,6,8H2,1-3H3,(H2,15,17). The average Bonchev–Trinajstić information content (AvgIpc) is 2.79. The smallest absolute Gasteiger partial charge is 0.147 e. The molecule has 2 aromatic rings. The Morgan fingerprint density at radius 2 is 2.21 bits per heavy atom. The van der Waals surface area contributed by atoms with Crippen LogP contribution in [-0.4, -0.2) is 22.9 Å². The molecular formula is C14H20N4S. The van der Waals surface area contributed by atoms with Crippen LogP contribution in [0.3, 0.4) is 0 Å². The molecule has 0 saturated heterocycles. The fourth-order valence-electron chi connectivity index (χ4n) is 1.89. The number of rotatable bonds is 5. The van der Waals surface area contributed by atoms with E-state index in [9.17, 15) is 0 Å². The second-order valence-electron chi connectivity index (χ2n) is 5.09. The van der Waals surface area contributed by atoms with E-state index in [4.69, 9.17) is 5.73 Å². The third-order valence-electron chi connectivity index (χ3n) is 3.04. The van der Waals surface area contributed by atoms with Gasteiger partial charge in [0.1, 0.15) is 10.8 Å². The van der Waals surface area contributed by atoms with Crippen molar-refractivity contribution in [2.24, 2.45) is 5.92 Å². The van der Waals surface area contributed by atoms with E-state index >= 15 is 0 Å². The van der Waals surface area contributed by atoms with Gasteiger partial charge < -0.3 is 10.6 Å². The van der Waals surface area contributed by atoms with Crippen LogP contribution in [0, 0.1) is 5.92 Å². The number of hydrogen-bond acceptors (Lipinski definition) is 5. The molecule has 0 aliphatic carbocycles. The molecule has 0 bridgehead atoms. The fourth-order valence-corrected chi connectivity index (χ4v) is 2.71. The molecular weight excluding hydrogens is 256 g/mol. The predicted molar refractivity (Wildman–Crippen MR) is 82.5 cm³/mol. The van der Waals surface area contributed by atoms with E-state index < -0.39 is 0 Å². The van der Waals surface area contributed by atoms with Crippen LogP contribution in [0.5, 0.6) is 0 Å². The second kappa shape index (κ2) is 6.02. The number of nitrogens with zero attached hydrogens (tertiary/aromatic N) is 3. The average molecular weight is 276 g/mol. The highest BCUT2D eigenvalue weighted by atomic mass is 32.1. The normalized spacial score (nSPS) is 10.9. The molecule has 0 spiro atoms. The van der Waals surface area contributed by atoms with E-state index in [1.807, 2.05) is 18.3 Å². The molecule has 5 heteroatoms. The van der Waals surface area contributed by atoms with Crippen molar-refractivity contribution in [3.05, 3.63) is 24.5 Å². The summed E-state index contributed by atoms with van der Waals surface area (Å²) in [6.07, 6.45) is 4.75. The number of aromatic nitrogens is 2. The SMILES string of the molecule is CC(C)CCN(C)c1snc(N)c1-c1cccnc1. The van der Waals surface area contributed by atoms with Gasteiger partial charge in [-0.1, -0.05) is 19.9 Å². The zero-order valence-corrected chi connectivity index (χ0v) is 12.4. The molecule has 0 unspecified atom stereocenters. The van der Waals surface area contributed by atoms with E-state index in [1.165, 1.54) is 11.5 Å². The van der Waals surface area contributed by atoms with Crippen molar-refractivity contribution in [1.82, 2.24) is 9.36 Å². The third-order valence-corrected chi connectivity index (χ3v) is 4.02. The van der Waals surface area contributed by atoms with E-state index in [0.29, 0.717) is 11.7 Å². The van der Waals surface area contributed by atoms with E-state index in [0.717, 1.165) is 29.1 Å². The Morgan fingerprint density at radius 3 is 2.84 bits per heavy atom. The van der Waals surface area contributed by atoms with Gasteiger partial charge in [-0.05, 0) is 29.9 Å². The van der Waals surface area contributed by atoms with Crippen LogP contribution < -0.4 is 10.6 Å². The van der Waals surface area contributed by atoms with Crippen LogP contribution in [0.1, 0.15) is 20.3 Å². The summed E-state index contributed by atoms with van der Waals surface area (Å²) >= 11 is 1.45. The van der Waals surface area contributed by atoms with Gasteiger partial charge in [-0.3, -0.25) is 4.98 Å². The van der Waals surface area contributed by atoms with Gasteiger partial charge >= 0.3 is 0 Å². The minimum atomic E-state index is 0.587. The van der Waals surface area contributed by atoms with Gasteiger partial charge in [0.25, 0.3) is 0 Å². The van der Waals surface area contributed by atoms with Crippen LogP contribution in [-0.2, 0) is 0 Å². The van der Waals surface area contributed by atoms with Crippen molar-refractivity contribution in [3.63, 3.8) is 0 Å². The van der Waals surface area contributed by atoms with E-state index in [-0.39, 0.29) is 0 Å². The lowest BCUT2D eigenvalue weighted by molar-refractivity contribution is 0.586. The monoisotopic (exact) mass is 276 g/mol. The summed E-state index contributed by atoms with van der Waals surface area (Å²) in [7, 11) is 2.09. The van der Waals surface area contributed by atoms with Crippen molar-refractivity contribution in [2.45, 2.75) is 20.3 Å². The summed E-state index contributed by atoms with van der Waals surface area (Å²) in [4.78, 5) is 6.39. The van der Waals surface area contributed by atoms with E-state index in [2.05, 4.69) is 35.2 Å². The first-order valence-electron chi connectivity index (χ1n) is 6.46. The largest absolute Gasteiger partial charge is 0.382 e. The Bertz CT molecular complexity index is 521. The molecule has 0 aromatic carbocycles. The molecule has 2 aromatic heterocycles. The van der Waals surface area contributed by atoms with Gasteiger partial charge in [0.05, 0.1) is 5.56 Å². The number of nitrogens with two attached hydrogens (primary N) is 1. The lowest BCUT2D eigenvalue weighted by atomic mass is 10.1. The molecule has 0 aliphatic heterocycles. The first-order valence-corrected chi connectivity index (χ1v) is 7.23. The van der Waals surface area contributed by atoms with E-state index in [1.54, 1.807) is 6.20 Å². The molecule has 0 aliphatic rings. The van der Waals surface area contributed by atoms with Crippen LogP contribution in [0.2, 0.25) is 0 Å². The lowest BCUT2D eigenvalue weighted by Crippen LogP contribution is -2.19. The molecule has 0 amide bonds. The fraction of sp³-hybridized carbons (Fsp3) is 0.429. The maximum absolute atomic E-state index is 6.01. The van der Waals surface area contributed by atoms with Gasteiger partial charge in [0, 0.05) is 31.5 Å². The Balaban J connectivity index is 2.27.